The minimum absolute atomic E-state index is 0.153. The van der Waals surface area contributed by atoms with Crippen LogP contribution in [0.1, 0.15) is 17.7 Å². The number of primary amides is 1. The van der Waals surface area contributed by atoms with Crippen LogP contribution in [0.3, 0.4) is 0 Å². The van der Waals surface area contributed by atoms with Gasteiger partial charge in [-0.15, -0.1) is 0 Å². The molecule has 7 heteroatoms. The molecule has 0 fully saturated rings. The first-order valence-electron chi connectivity index (χ1n) is 6.05. The summed E-state index contributed by atoms with van der Waals surface area (Å²) in [5, 5.41) is 23.7. The number of nitrogens with two attached hydrogens (primary N) is 1. The zero-order chi connectivity index (χ0) is 15.4. The predicted molar refractivity (Wildman–Crippen MR) is 80.9 cm³/mol. The SMILES string of the molecule is CC1=C(C(N)=O)C(c2cccs2)C(C#N)=C([Se]CC#N)N1. The second kappa shape index (κ2) is 6.60. The van der Waals surface area contributed by atoms with Crippen molar-refractivity contribution in [1.29, 1.82) is 10.5 Å². The second-order valence-corrected chi connectivity index (χ2v) is 7.32. The van der Waals surface area contributed by atoms with Crippen molar-refractivity contribution in [3.63, 3.8) is 0 Å². The van der Waals surface area contributed by atoms with Crippen LogP contribution < -0.4 is 11.1 Å². The first-order chi connectivity index (χ1) is 10.1. The van der Waals surface area contributed by atoms with Crippen LogP contribution in [-0.4, -0.2) is 20.9 Å². The van der Waals surface area contributed by atoms with Crippen LogP contribution in [0.4, 0.5) is 0 Å². The molecule has 21 heavy (non-hydrogen) atoms. The van der Waals surface area contributed by atoms with Gasteiger partial charge in [0, 0.05) is 0 Å². The van der Waals surface area contributed by atoms with Gasteiger partial charge in [-0.2, -0.15) is 0 Å². The number of nitrogens with one attached hydrogen (secondary N) is 1. The fourth-order valence-corrected chi connectivity index (χ4v) is 4.62. The molecule has 1 aliphatic heterocycles. The molecule has 1 amide bonds. The number of hydrogen-bond acceptors (Lipinski definition) is 5. The molecule has 5 nitrogen and oxygen atoms in total. The molecule has 1 aromatic rings. The molecule has 0 spiro atoms. The first kappa shape index (κ1) is 15.3. The third-order valence-electron chi connectivity index (χ3n) is 3.02. The van der Waals surface area contributed by atoms with Crippen molar-refractivity contribution in [2.24, 2.45) is 5.73 Å². The van der Waals surface area contributed by atoms with E-state index in [-0.39, 0.29) is 15.0 Å². The number of nitriles is 2. The van der Waals surface area contributed by atoms with Gasteiger partial charge < -0.3 is 0 Å². The van der Waals surface area contributed by atoms with Gasteiger partial charge in [0.15, 0.2) is 0 Å². The molecule has 0 bridgehead atoms. The van der Waals surface area contributed by atoms with E-state index in [4.69, 9.17) is 11.0 Å². The van der Waals surface area contributed by atoms with Gasteiger partial charge >= 0.3 is 133 Å². The number of nitrogens with zero attached hydrogens (tertiary/aromatic N) is 2. The molecule has 1 atom stereocenters. The van der Waals surface area contributed by atoms with Gasteiger partial charge in [0.1, 0.15) is 0 Å². The van der Waals surface area contributed by atoms with Crippen molar-refractivity contribution in [3.8, 4) is 12.1 Å². The van der Waals surface area contributed by atoms with Crippen molar-refractivity contribution in [2.45, 2.75) is 18.2 Å². The summed E-state index contributed by atoms with van der Waals surface area (Å²) in [4.78, 5) is 12.7. The molecule has 106 valence electrons. The van der Waals surface area contributed by atoms with Gasteiger partial charge in [-0.05, 0) is 0 Å². The Labute approximate surface area is 132 Å². The molecule has 1 aliphatic rings. The maximum atomic E-state index is 11.8. The summed E-state index contributed by atoms with van der Waals surface area (Å²) < 4.78 is 0.757. The summed E-state index contributed by atoms with van der Waals surface area (Å²) in [5.74, 6) is -0.956. The minimum atomic E-state index is -0.530. The predicted octanol–water partition coefficient (Wildman–Crippen LogP) is 1.58. The van der Waals surface area contributed by atoms with E-state index in [1.165, 1.54) is 11.3 Å². The van der Waals surface area contributed by atoms with E-state index in [1.54, 1.807) is 6.92 Å². The Morgan fingerprint density at radius 1 is 1.57 bits per heavy atom. The zero-order valence-corrected chi connectivity index (χ0v) is 13.7. The van der Waals surface area contributed by atoms with Crippen LogP contribution in [-0.2, 0) is 4.79 Å². The van der Waals surface area contributed by atoms with Crippen LogP contribution in [0, 0.1) is 22.7 Å². The van der Waals surface area contributed by atoms with Gasteiger partial charge in [-0.3, -0.25) is 0 Å². The molecule has 0 aliphatic carbocycles. The summed E-state index contributed by atoms with van der Waals surface area (Å²) >= 11 is 1.33. The van der Waals surface area contributed by atoms with E-state index in [9.17, 15) is 10.1 Å². The molecule has 2 rings (SSSR count). The molecule has 1 unspecified atom stereocenters. The van der Waals surface area contributed by atoms with E-state index in [1.807, 2.05) is 17.5 Å². The van der Waals surface area contributed by atoms with Gasteiger partial charge in [0.25, 0.3) is 0 Å². The summed E-state index contributed by atoms with van der Waals surface area (Å²) in [7, 11) is 0. The summed E-state index contributed by atoms with van der Waals surface area (Å²) in [5.41, 5.74) is 7.08. The summed E-state index contributed by atoms with van der Waals surface area (Å²) in [6.45, 7) is 1.78. The van der Waals surface area contributed by atoms with E-state index >= 15 is 0 Å². The Morgan fingerprint density at radius 2 is 2.33 bits per heavy atom. The number of allylic oxidation sites excluding steroid dienone is 2. The quantitative estimate of drug-likeness (QED) is 0.793. The monoisotopic (exact) mass is 364 g/mol. The number of carbonyl (C=O) groups excluding carboxylic acids is 1. The fraction of sp³-hybridized carbons (Fsp3) is 0.214. The molecular formula is C14H12N4OSSe. The van der Waals surface area contributed by atoms with Crippen LogP contribution >= 0.6 is 11.3 Å². The van der Waals surface area contributed by atoms with Crippen LogP contribution in [0.2, 0.25) is 5.32 Å². The Balaban J connectivity index is 2.57. The normalized spacial score (nSPS) is 18.0. The average Bonchev–Trinajstić information content (AvgIpc) is 2.97. The molecule has 0 saturated carbocycles. The number of hydrogen-bond donors (Lipinski definition) is 2. The van der Waals surface area contributed by atoms with Gasteiger partial charge in [-0.25, -0.2) is 0 Å². The van der Waals surface area contributed by atoms with Crippen LogP contribution in [0.15, 0.2) is 39.0 Å². The van der Waals surface area contributed by atoms with Crippen molar-refractivity contribution >= 4 is 32.2 Å². The third-order valence-corrected chi connectivity index (χ3v) is 5.81. The van der Waals surface area contributed by atoms with E-state index in [2.05, 4.69) is 17.5 Å². The van der Waals surface area contributed by atoms with Crippen LogP contribution in [0.5, 0.6) is 0 Å². The van der Waals surface area contributed by atoms with E-state index < -0.39 is 11.8 Å². The standard InChI is InChI=1S/C14H12N4OSSe/c1-8-11(13(17)19)12(10-3-2-5-20-10)9(7-16)14(18-8)21-6-4-15/h2-3,5,12,18H,6H2,1H3,(H2,17,19). The Morgan fingerprint density at radius 3 is 2.86 bits per heavy atom. The van der Waals surface area contributed by atoms with Gasteiger partial charge in [0.2, 0.25) is 0 Å². The summed E-state index contributed by atoms with van der Waals surface area (Å²) in [6.07, 6.45) is 0. The zero-order valence-electron chi connectivity index (χ0n) is 11.2. The van der Waals surface area contributed by atoms with Crippen molar-refractivity contribution in [1.82, 2.24) is 5.32 Å². The molecule has 3 N–H and O–H groups in total. The topological polar surface area (TPSA) is 103 Å². The molecule has 1 aromatic heterocycles. The van der Waals surface area contributed by atoms with Gasteiger partial charge in [0.05, 0.1) is 0 Å². The van der Waals surface area contributed by atoms with E-state index in [0.29, 0.717) is 22.2 Å². The molecular weight excluding hydrogens is 351 g/mol. The number of rotatable bonds is 4. The van der Waals surface area contributed by atoms with Crippen LogP contribution in [0.25, 0.3) is 0 Å². The first-order valence-corrected chi connectivity index (χ1v) is 9.00. The molecule has 0 radical (unpaired) electrons. The average molecular weight is 363 g/mol. The Bertz CT molecular complexity index is 706. The van der Waals surface area contributed by atoms with Crippen molar-refractivity contribution < 1.29 is 4.79 Å². The summed E-state index contributed by atoms with van der Waals surface area (Å²) in [6, 6.07) is 8.06. The molecule has 0 aromatic carbocycles. The van der Waals surface area contributed by atoms with Gasteiger partial charge in [-0.1, -0.05) is 0 Å². The fourth-order valence-electron chi connectivity index (χ4n) is 2.20. The second-order valence-electron chi connectivity index (χ2n) is 4.28. The van der Waals surface area contributed by atoms with E-state index in [0.717, 1.165) is 9.47 Å². The molecule has 0 saturated heterocycles. The number of dihydropyridines is 1. The van der Waals surface area contributed by atoms with Crippen molar-refractivity contribution in [2.75, 3.05) is 0 Å². The number of carbonyl (C=O) groups is 1. The molecule has 2 heterocycles. The number of thiophene rings is 1. The maximum absolute atomic E-state index is 11.8. The van der Waals surface area contributed by atoms with Crippen molar-refractivity contribution in [3.05, 3.63) is 43.8 Å². The number of amides is 1. The Hall–Kier alpha value is -2.05. The Kier molecular flexibility index (Phi) is 4.82. The third kappa shape index (κ3) is 3.01.